The monoisotopic (exact) mass is 620 g/mol. The van der Waals surface area contributed by atoms with Crippen molar-refractivity contribution in [2.45, 2.75) is 52.5 Å². The van der Waals surface area contributed by atoms with Crippen LogP contribution < -0.4 is 16.0 Å². The summed E-state index contributed by atoms with van der Waals surface area (Å²) in [7, 11) is 0. The van der Waals surface area contributed by atoms with Gasteiger partial charge < -0.3 is 16.0 Å². The molecule has 2 aromatic heterocycles. The Kier molecular flexibility index (Phi) is 9.05. The summed E-state index contributed by atoms with van der Waals surface area (Å²) in [6.07, 6.45) is 4.20. The minimum Gasteiger partial charge on any atom is -0.344 e. The molecule has 44 heavy (non-hydrogen) atoms. The Morgan fingerprint density at radius 1 is 1.11 bits per heavy atom. The van der Waals surface area contributed by atoms with Crippen molar-refractivity contribution in [3.05, 3.63) is 88.5 Å². The van der Waals surface area contributed by atoms with Crippen LogP contribution >= 0.6 is 11.6 Å². The van der Waals surface area contributed by atoms with Gasteiger partial charge in [0.05, 0.1) is 46.1 Å². The summed E-state index contributed by atoms with van der Waals surface area (Å²) in [6, 6.07) is 10.3. The molecule has 3 heterocycles. The third kappa shape index (κ3) is 6.33. The van der Waals surface area contributed by atoms with Gasteiger partial charge in [-0.05, 0) is 50.1 Å². The van der Waals surface area contributed by atoms with E-state index in [0.717, 1.165) is 6.20 Å². The number of carbonyl (C=O) groups is 3. The second-order valence-corrected chi connectivity index (χ2v) is 11.1. The van der Waals surface area contributed by atoms with Gasteiger partial charge in [0.2, 0.25) is 11.8 Å². The van der Waals surface area contributed by atoms with Crippen molar-refractivity contribution in [1.82, 2.24) is 20.1 Å². The van der Waals surface area contributed by atoms with E-state index in [2.05, 4.69) is 26.0 Å². The molecule has 0 saturated carbocycles. The first-order chi connectivity index (χ1) is 21.1. The van der Waals surface area contributed by atoms with Gasteiger partial charge in [0, 0.05) is 29.2 Å². The predicted octanol–water partition coefficient (Wildman–Crippen LogP) is 6.75. The quantitative estimate of drug-likeness (QED) is 0.228. The van der Waals surface area contributed by atoms with Crippen LogP contribution in [-0.4, -0.2) is 32.5 Å². The van der Waals surface area contributed by atoms with E-state index in [0.29, 0.717) is 47.6 Å². The number of rotatable bonds is 5. The molecule has 9 nitrogen and oxygen atoms in total. The molecule has 2 aromatic carbocycles. The fourth-order valence-electron chi connectivity index (χ4n) is 5.14. The number of benzene rings is 2. The number of amides is 3. The maximum Gasteiger partial charge on any atom is 0.255 e. The Labute approximate surface area is 258 Å². The van der Waals surface area contributed by atoms with Gasteiger partial charge in [0.25, 0.3) is 5.91 Å². The number of nitrogens with zero attached hydrogens (tertiary/aromatic N) is 3. The zero-order chi connectivity index (χ0) is 31.5. The number of carbonyl (C=O) groups excluding carboxylic acids is 3. The highest BCUT2D eigenvalue weighted by Crippen LogP contribution is 2.35. The SMILES string of the molecule is CCC(=O)Nc1ccc2c(c1)NC(=O)C(C)CCC[C@H](NC(=O)c1cnn(-c3cccc(Cl)c3F)c1C)c1cc-2c(F)cn1. The van der Waals surface area contributed by atoms with E-state index in [9.17, 15) is 18.8 Å². The van der Waals surface area contributed by atoms with E-state index in [-0.39, 0.29) is 40.1 Å². The Balaban J connectivity index is 1.51. The van der Waals surface area contributed by atoms with Crippen LogP contribution in [0.1, 0.15) is 67.3 Å². The van der Waals surface area contributed by atoms with E-state index >= 15 is 4.39 Å². The number of anilines is 2. The Morgan fingerprint density at radius 2 is 1.91 bits per heavy atom. The number of nitrogens with one attached hydrogen (secondary N) is 3. The summed E-state index contributed by atoms with van der Waals surface area (Å²) < 4.78 is 31.3. The van der Waals surface area contributed by atoms with Crippen molar-refractivity contribution >= 4 is 40.7 Å². The number of pyridine rings is 1. The molecule has 5 rings (SSSR count). The zero-order valence-corrected chi connectivity index (χ0v) is 25.1. The Morgan fingerprint density at radius 3 is 2.68 bits per heavy atom. The topological polar surface area (TPSA) is 118 Å². The largest absolute Gasteiger partial charge is 0.344 e. The van der Waals surface area contributed by atoms with Crippen LogP contribution in [0.3, 0.4) is 0 Å². The molecule has 3 N–H and O–H groups in total. The van der Waals surface area contributed by atoms with Crippen molar-refractivity contribution in [2.24, 2.45) is 5.92 Å². The van der Waals surface area contributed by atoms with Crippen LogP contribution in [-0.2, 0) is 9.59 Å². The van der Waals surface area contributed by atoms with Gasteiger partial charge in [-0.25, -0.2) is 13.5 Å². The number of hydrogen-bond acceptors (Lipinski definition) is 5. The standard InChI is InChI=1S/C32H31ClF2N6O3/c1-4-29(42)38-19-11-12-20-21-14-27(36-16-24(21)34)25(9-5-7-17(2)31(43)40-26(20)13-19)39-32(44)22-15-37-41(18(22)3)28-10-6-8-23(33)30(28)35/h6,8,10-17,25H,4-5,7,9H2,1-3H3,(H,38,42)(H,39,44)(H,40,43)/t17?,25-/m0/s1. The molecule has 2 atom stereocenters. The average molecular weight is 621 g/mol. The Bertz CT molecular complexity index is 1760. The fraction of sp³-hybridized carbons (Fsp3) is 0.281. The lowest BCUT2D eigenvalue weighted by Gasteiger charge is -2.23. The molecule has 0 fully saturated rings. The van der Waals surface area contributed by atoms with Crippen molar-refractivity contribution in [3.8, 4) is 16.8 Å². The third-order valence-corrected chi connectivity index (χ3v) is 7.99. The smallest absolute Gasteiger partial charge is 0.255 e. The average Bonchev–Trinajstić information content (AvgIpc) is 3.38. The normalized spacial score (nSPS) is 16.6. The molecular formula is C32H31ClF2N6O3. The summed E-state index contributed by atoms with van der Waals surface area (Å²) in [5.74, 6) is -2.59. The molecule has 4 aromatic rings. The molecule has 1 aliphatic rings. The lowest BCUT2D eigenvalue weighted by molar-refractivity contribution is -0.119. The second-order valence-electron chi connectivity index (χ2n) is 10.7. The van der Waals surface area contributed by atoms with E-state index in [1.807, 2.05) is 0 Å². The summed E-state index contributed by atoms with van der Waals surface area (Å²) in [4.78, 5) is 43.0. The third-order valence-electron chi connectivity index (χ3n) is 7.70. The van der Waals surface area contributed by atoms with Crippen molar-refractivity contribution in [2.75, 3.05) is 10.6 Å². The molecule has 3 amide bonds. The molecule has 228 valence electrons. The van der Waals surface area contributed by atoms with E-state index in [1.165, 1.54) is 23.0 Å². The van der Waals surface area contributed by atoms with Crippen molar-refractivity contribution in [3.63, 3.8) is 0 Å². The lowest BCUT2D eigenvalue weighted by Crippen LogP contribution is -2.30. The number of hydrogen-bond donors (Lipinski definition) is 3. The van der Waals surface area contributed by atoms with Gasteiger partial charge in [-0.3, -0.25) is 19.4 Å². The van der Waals surface area contributed by atoms with E-state index in [1.54, 1.807) is 51.1 Å². The summed E-state index contributed by atoms with van der Waals surface area (Å²) >= 11 is 5.95. The summed E-state index contributed by atoms with van der Waals surface area (Å²) in [6.45, 7) is 5.16. The van der Waals surface area contributed by atoms with Crippen LogP contribution in [0, 0.1) is 24.5 Å². The van der Waals surface area contributed by atoms with Crippen LogP contribution in [0.4, 0.5) is 20.2 Å². The molecule has 0 spiro atoms. The van der Waals surface area contributed by atoms with Crippen LogP contribution in [0.25, 0.3) is 16.8 Å². The van der Waals surface area contributed by atoms with Gasteiger partial charge in [0.15, 0.2) is 5.82 Å². The zero-order valence-electron chi connectivity index (χ0n) is 24.4. The molecule has 1 aliphatic heterocycles. The number of aromatic nitrogens is 3. The van der Waals surface area contributed by atoms with Crippen LogP contribution in [0.2, 0.25) is 5.02 Å². The van der Waals surface area contributed by atoms with Gasteiger partial charge in [-0.1, -0.05) is 44.0 Å². The van der Waals surface area contributed by atoms with Crippen LogP contribution in [0.15, 0.2) is 54.9 Å². The van der Waals surface area contributed by atoms with Crippen molar-refractivity contribution < 1.29 is 23.2 Å². The van der Waals surface area contributed by atoms with Gasteiger partial charge in [0.1, 0.15) is 11.5 Å². The number of fused-ring (bicyclic) bond motifs is 4. The molecule has 0 radical (unpaired) electrons. The highest BCUT2D eigenvalue weighted by molar-refractivity contribution is 6.30. The van der Waals surface area contributed by atoms with E-state index < -0.39 is 29.5 Å². The van der Waals surface area contributed by atoms with Crippen LogP contribution in [0.5, 0.6) is 0 Å². The molecule has 12 heteroatoms. The first-order valence-corrected chi connectivity index (χ1v) is 14.7. The molecule has 1 unspecified atom stereocenters. The number of halogens is 3. The van der Waals surface area contributed by atoms with E-state index in [4.69, 9.17) is 11.6 Å². The van der Waals surface area contributed by atoms with Gasteiger partial charge in [-0.15, -0.1) is 0 Å². The molecular weight excluding hydrogens is 590 g/mol. The maximum atomic E-state index is 15.3. The van der Waals surface area contributed by atoms with Crippen molar-refractivity contribution in [1.29, 1.82) is 0 Å². The molecule has 0 aliphatic carbocycles. The first kappa shape index (κ1) is 30.8. The second kappa shape index (κ2) is 12.9. The molecule has 0 saturated heterocycles. The maximum absolute atomic E-state index is 15.3. The highest BCUT2D eigenvalue weighted by Gasteiger charge is 2.25. The minimum atomic E-state index is -0.659. The first-order valence-electron chi connectivity index (χ1n) is 14.3. The predicted molar refractivity (Wildman–Crippen MR) is 164 cm³/mol. The summed E-state index contributed by atoms with van der Waals surface area (Å²) in [5, 5.41) is 12.8. The summed E-state index contributed by atoms with van der Waals surface area (Å²) in [5.41, 5.74) is 2.52. The fourth-order valence-corrected chi connectivity index (χ4v) is 5.31. The van der Waals surface area contributed by atoms with Gasteiger partial charge >= 0.3 is 0 Å². The molecule has 2 bridgehead atoms. The Hall–Kier alpha value is -4.64. The van der Waals surface area contributed by atoms with Gasteiger partial charge in [-0.2, -0.15) is 5.10 Å². The lowest BCUT2D eigenvalue weighted by atomic mass is 9.95. The highest BCUT2D eigenvalue weighted by atomic mass is 35.5. The minimum absolute atomic E-state index is 0.0683.